The summed E-state index contributed by atoms with van der Waals surface area (Å²) < 4.78 is 7.02. The van der Waals surface area contributed by atoms with Crippen LogP contribution >= 0.6 is 0 Å². The van der Waals surface area contributed by atoms with E-state index in [1.165, 1.54) is 4.57 Å². The molecule has 0 spiro atoms. The van der Waals surface area contributed by atoms with Crippen LogP contribution in [-0.4, -0.2) is 67.2 Å². The first-order valence-electron chi connectivity index (χ1n) is 10.4. The Balaban J connectivity index is 1.66. The van der Waals surface area contributed by atoms with Crippen molar-refractivity contribution in [3.63, 3.8) is 0 Å². The summed E-state index contributed by atoms with van der Waals surface area (Å²) in [5.41, 5.74) is 2.80. The molecular weight excluding hydrogens is 414 g/mol. The lowest BCUT2D eigenvalue weighted by Crippen LogP contribution is -2.59. The van der Waals surface area contributed by atoms with Crippen molar-refractivity contribution in [2.75, 3.05) is 6.61 Å². The van der Waals surface area contributed by atoms with Crippen molar-refractivity contribution in [1.82, 2.24) is 4.57 Å². The number of aliphatic hydroxyl groups excluding tert-OH is 5. The zero-order chi connectivity index (χ0) is 23.2. The molecule has 1 aliphatic heterocycles. The Bertz CT molecular complexity index is 1190. The molecule has 8 heteroatoms. The fraction of sp³-hybridized carbons (Fsp3) is 0.375. The molecule has 170 valence electrons. The van der Waals surface area contributed by atoms with Gasteiger partial charge >= 0.3 is 0 Å². The van der Waals surface area contributed by atoms with E-state index in [-0.39, 0.29) is 5.56 Å². The van der Waals surface area contributed by atoms with Crippen molar-refractivity contribution >= 4 is 10.8 Å². The van der Waals surface area contributed by atoms with Gasteiger partial charge in [0.1, 0.15) is 36.6 Å². The molecule has 0 aliphatic carbocycles. The smallest absolute Gasteiger partial charge is 0.258 e. The molecule has 0 bridgehead atoms. The average Bonchev–Trinajstić information content (AvgIpc) is 2.79. The molecule has 0 saturated carbocycles. The van der Waals surface area contributed by atoms with E-state index in [1.807, 2.05) is 30.3 Å². The third kappa shape index (κ3) is 3.86. The van der Waals surface area contributed by atoms with Gasteiger partial charge in [0, 0.05) is 18.6 Å². The Morgan fingerprint density at radius 2 is 1.69 bits per heavy atom. The van der Waals surface area contributed by atoms with Crippen LogP contribution in [0.4, 0.5) is 0 Å². The first kappa shape index (κ1) is 22.6. The topological polar surface area (TPSA) is 132 Å². The van der Waals surface area contributed by atoms with Crippen molar-refractivity contribution in [1.29, 1.82) is 0 Å². The fourth-order valence-corrected chi connectivity index (χ4v) is 4.27. The van der Waals surface area contributed by atoms with Gasteiger partial charge in [0.25, 0.3) is 5.56 Å². The molecule has 2 heterocycles. The molecule has 1 saturated heterocycles. The predicted molar refractivity (Wildman–Crippen MR) is 118 cm³/mol. The van der Waals surface area contributed by atoms with E-state index >= 15 is 0 Å². The molecule has 8 nitrogen and oxygen atoms in total. The van der Waals surface area contributed by atoms with Gasteiger partial charge < -0.3 is 34.8 Å². The number of hydrogen-bond donors (Lipinski definition) is 5. The zero-order valence-corrected chi connectivity index (χ0v) is 17.8. The highest BCUT2D eigenvalue weighted by Crippen LogP contribution is 2.33. The zero-order valence-electron chi connectivity index (χ0n) is 17.8. The molecule has 0 radical (unpaired) electrons. The minimum Gasteiger partial charge on any atom is -0.394 e. The van der Waals surface area contributed by atoms with Crippen molar-refractivity contribution < 1.29 is 30.3 Å². The maximum Gasteiger partial charge on any atom is 0.258 e. The van der Waals surface area contributed by atoms with E-state index in [0.717, 1.165) is 16.5 Å². The number of aromatic nitrogens is 1. The van der Waals surface area contributed by atoms with Crippen LogP contribution in [0.5, 0.6) is 0 Å². The average molecular weight is 441 g/mol. The van der Waals surface area contributed by atoms with E-state index in [4.69, 9.17) is 4.74 Å². The van der Waals surface area contributed by atoms with Gasteiger partial charge in [-0.3, -0.25) is 4.79 Å². The lowest BCUT2D eigenvalue weighted by Gasteiger charge is -2.42. The van der Waals surface area contributed by atoms with Crippen molar-refractivity contribution in [3.8, 4) is 11.1 Å². The maximum absolute atomic E-state index is 12.5. The Labute approximate surface area is 184 Å². The number of aryl methyl sites for hydroxylation is 2. The lowest BCUT2D eigenvalue weighted by molar-refractivity contribution is -0.250. The number of hydrogen-bond acceptors (Lipinski definition) is 7. The van der Waals surface area contributed by atoms with Crippen molar-refractivity contribution in [3.05, 3.63) is 70.1 Å². The second-order valence-electron chi connectivity index (χ2n) is 8.34. The maximum atomic E-state index is 12.5. The second kappa shape index (κ2) is 8.74. The number of fused-ring (bicyclic) bond motifs is 1. The van der Waals surface area contributed by atoms with Gasteiger partial charge in [-0.25, -0.2) is 0 Å². The summed E-state index contributed by atoms with van der Waals surface area (Å²) >= 11 is 0. The Hall–Kier alpha value is -2.59. The SMILES string of the molecule is Cc1cc(-c2ccc3ccn(C)c(=O)c3c2)ccc1[C@@H](O)[C@H]1OC(CO)[C@@H](O)[C@H](O)C1O. The number of aliphatic hydroxyl groups is 5. The van der Waals surface area contributed by atoms with Crippen LogP contribution in [0, 0.1) is 6.92 Å². The molecule has 6 atom stereocenters. The van der Waals surface area contributed by atoms with Crippen LogP contribution in [0.1, 0.15) is 17.2 Å². The minimum absolute atomic E-state index is 0.0873. The first-order chi connectivity index (χ1) is 15.2. The third-order valence-electron chi connectivity index (χ3n) is 6.24. The van der Waals surface area contributed by atoms with Crippen LogP contribution in [-0.2, 0) is 11.8 Å². The molecule has 1 fully saturated rings. The monoisotopic (exact) mass is 441 g/mol. The van der Waals surface area contributed by atoms with Crippen LogP contribution in [0.2, 0.25) is 0 Å². The quantitative estimate of drug-likeness (QED) is 0.396. The number of ether oxygens (including phenoxy) is 1. The van der Waals surface area contributed by atoms with Gasteiger partial charge in [-0.2, -0.15) is 0 Å². The van der Waals surface area contributed by atoms with E-state index in [0.29, 0.717) is 16.5 Å². The fourth-order valence-electron chi connectivity index (χ4n) is 4.27. The summed E-state index contributed by atoms with van der Waals surface area (Å²) in [4.78, 5) is 12.5. The van der Waals surface area contributed by atoms with E-state index < -0.39 is 43.2 Å². The van der Waals surface area contributed by atoms with Crippen LogP contribution in [0.15, 0.2) is 53.5 Å². The van der Waals surface area contributed by atoms with Crippen LogP contribution in [0.25, 0.3) is 21.9 Å². The molecule has 3 aromatic rings. The van der Waals surface area contributed by atoms with Gasteiger partial charge in [0.2, 0.25) is 0 Å². The van der Waals surface area contributed by atoms with Gasteiger partial charge in [0.15, 0.2) is 0 Å². The van der Waals surface area contributed by atoms with Crippen LogP contribution in [0.3, 0.4) is 0 Å². The molecule has 2 aromatic carbocycles. The normalized spacial score (nSPS) is 26.9. The number of pyridine rings is 1. The van der Waals surface area contributed by atoms with Gasteiger partial charge in [-0.15, -0.1) is 0 Å². The summed E-state index contributed by atoms with van der Waals surface area (Å²) in [6.07, 6.45) is -6.45. The molecule has 2 unspecified atom stereocenters. The van der Waals surface area contributed by atoms with E-state index in [2.05, 4.69) is 0 Å². The van der Waals surface area contributed by atoms with Crippen molar-refractivity contribution in [2.24, 2.45) is 7.05 Å². The summed E-state index contributed by atoms with van der Waals surface area (Å²) in [6, 6.07) is 12.9. The Morgan fingerprint density at radius 3 is 2.38 bits per heavy atom. The summed E-state index contributed by atoms with van der Waals surface area (Å²) in [5.74, 6) is 0. The largest absolute Gasteiger partial charge is 0.394 e. The Morgan fingerprint density at radius 1 is 1.00 bits per heavy atom. The van der Waals surface area contributed by atoms with Crippen molar-refractivity contribution in [2.45, 2.75) is 43.5 Å². The molecule has 1 aliphatic rings. The number of nitrogens with zero attached hydrogens (tertiary/aromatic N) is 1. The molecule has 5 N–H and O–H groups in total. The van der Waals surface area contributed by atoms with E-state index in [1.54, 1.807) is 32.3 Å². The lowest BCUT2D eigenvalue weighted by atomic mass is 9.87. The molecule has 1 aromatic heterocycles. The highest BCUT2D eigenvalue weighted by atomic mass is 16.6. The van der Waals surface area contributed by atoms with Gasteiger partial charge in [-0.1, -0.05) is 30.3 Å². The molecule has 32 heavy (non-hydrogen) atoms. The minimum atomic E-state index is -1.56. The molecule has 0 amide bonds. The van der Waals surface area contributed by atoms with Crippen LogP contribution < -0.4 is 5.56 Å². The van der Waals surface area contributed by atoms with Gasteiger partial charge in [-0.05, 0) is 46.7 Å². The summed E-state index contributed by atoms with van der Waals surface area (Å²) in [7, 11) is 1.70. The predicted octanol–water partition coefficient (Wildman–Crippen LogP) is 0.390. The standard InChI is InChI=1S/C24H27NO7/c1-12-9-14(15-4-3-13-7-8-25(2)24(31)17(13)10-15)5-6-16(12)19(27)23-22(30)21(29)20(28)18(11-26)32-23/h3-10,18-23,26-30H,11H2,1-2H3/t18?,19-,20-,21+,22?,23-/m1/s1. The molecular formula is C24H27NO7. The highest BCUT2D eigenvalue weighted by Gasteiger charge is 2.46. The Kier molecular flexibility index (Phi) is 6.17. The van der Waals surface area contributed by atoms with Gasteiger partial charge in [0.05, 0.1) is 6.61 Å². The first-order valence-corrected chi connectivity index (χ1v) is 10.4. The number of benzene rings is 2. The summed E-state index contributed by atoms with van der Waals surface area (Å²) in [6.45, 7) is 1.24. The van der Waals surface area contributed by atoms with E-state index in [9.17, 15) is 30.3 Å². The molecule has 4 rings (SSSR count). The number of rotatable bonds is 4. The second-order valence-corrected chi connectivity index (χ2v) is 8.34. The highest BCUT2D eigenvalue weighted by molar-refractivity contribution is 5.86. The third-order valence-corrected chi connectivity index (χ3v) is 6.24. The summed E-state index contributed by atoms with van der Waals surface area (Å²) in [5, 5.41) is 52.0.